The second-order valence-corrected chi connectivity index (χ2v) is 7.07. The number of carbonyl (C=O) groups is 2. The van der Waals surface area contributed by atoms with Crippen LogP contribution in [0.4, 0.5) is 17.1 Å². The summed E-state index contributed by atoms with van der Waals surface area (Å²) in [5.41, 5.74) is 2.92. The number of ether oxygens (including phenoxy) is 1. The van der Waals surface area contributed by atoms with E-state index in [2.05, 4.69) is 10.4 Å². The van der Waals surface area contributed by atoms with Crippen LogP contribution in [0.3, 0.4) is 0 Å². The zero-order valence-electron chi connectivity index (χ0n) is 17.7. The quantitative estimate of drug-likeness (QED) is 0.487. The lowest BCUT2D eigenvalue weighted by atomic mass is 10.1. The van der Waals surface area contributed by atoms with Crippen LogP contribution in [0.1, 0.15) is 20.7 Å². The van der Waals surface area contributed by atoms with E-state index in [-0.39, 0.29) is 17.7 Å². The maximum Gasteiger partial charge on any atom is 0.262 e. The van der Waals surface area contributed by atoms with Gasteiger partial charge in [0.15, 0.2) is 0 Å². The fraction of sp³-hybridized carbons (Fsp3) is 0.0800. The SMILES string of the molecule is COc1nn(C)cc1C(=O)Nc1ccc(C(=O)N(c2ccccc2)c2ccccc2)cc1. The second kappa shape index (κ2) is 9.18. The summed E-state index contributed by atoms with van der Waals surface area (Å²) in [6.07, 6.45) is 1.59. The molecule has 1 heterocycles. The summed E-state index contributed by atoms with van der Waals surface area (Å²) in [5, 5.41) is 6.90. The number of rotatable bonds is 6. The highest BCUT2D eigenvalue weighted by Crippen LogP contribution is 2.27. The van der Waals surface area contributed by atoms with Crippen LogP contribution in [0.5, 0.6) is 5.88 Å². The largest absolute Gasteiger partial charge is 0.479 e. The fourth-order valence-corrected chi connectivity index (χ4v) is 3.34. The Balaban J connectivity index is 1.57. The molecule has 4 rings (SSSR count). The fourth-order valence-electron chi connectivity index (χ4n) is 3.34. The molecule has 0 spiro atoms. The Labute approximate surface area is 185 Å². The maximum absolute atomic E-state index is 13.4. The summed E-state index contributed by atoms with van der Waals surface area (Å²) in [4.78, 5) is 27.6. The number of anilines is 3. The highest BCUT2D eigenvalue weighted by atomic mass is 16.5. The minimum atomic E-state index is -0.343. The predicted molar refractivity (Wildman–Crippen MR) is 124 cm³/mol. The van der Waals surface area contributed by atoms with Crippen LogP contribution < -0.4 is 15.0 Å². The molecule has 0 aliphatic rings. The number of nitrogens with zero attached hydrogens (tertiary/aromatic N) is 3. The molecule has 1 aromatic heterocycles. The van der Waals surface area contributed by atoms with Crippen LogP contribution in [0.15, 0.2) is 91.1 Å². The number of hydrogen-bond acceptors (Lipinski definition) is 4. The second-order valence-electron chi connectivity index (χ2n) is 7.07. The van der Waals surface area contributed by atoms with E-state index in [4.69, 9.17) is 4.74 Å². The minimum absolute atomic E-state index is 0.172. The Bertz CT molecular complexity index is 1180. The van der Waals surface area contributed by atoms with Crippen LogP contribution in [0.25, 0.3) is 0 Å². The molecular formula is C25H22N4O3. The molecule has 0 aliphatic carbocycles. The monoisotopic (exact) mass is 426 g/mol. The van der Waals surface area contributed by atoms with Gasteiger partial charge in [-0.2, -0.15) is 0 Å². The topological polar surface area (TPSA) is 76.5 Å². The summed E-state index contributed by atoms with van der Waals surface area (Å²) in [7, 11) is 3.18. The average Bonchev–Trinajstić information content (AvgIpc) is 3.22. The molecule has 0 saturated carbocycles. The molecule has 0 bridgehead atoms. The third-order valence-electron chi connectivity index (χ3n) is 4.85. The van der Waals surface area contributed by atoms with Crippen LogP contribution in [0, 0.1) is 0 Å². The summed E-state index contributed by atoms with van der Waals surface area (Å²) in [6.45, 7) is 0. The molecule has 4 aromatic rings. The van der Waals surface area contributed by atoms with Gasteiger partial charge in [0.25, 0.3) is 11.8 Å². The van der Waals surface area contributed by atoms with Crippen molar-refractivity contribution in [1.82, 2.24) is 9.78 Å². The van der Waals surface area contributed by atoms with Gasteiger partial charge in [-0.3, -0.25) is 19.2 Å². The van der Waals surface area contributed by atoms with Crippen LogP contribution in [0.2, 0.25) is 0 Å². The Morgan fingerprint density at radius 2 is 1.44 bits per heavy atom. The van der Waals surface area contributed by atoms with Gasteiger partial charge in [-0.1, -0.05) is 36.4 Å². The van der Waals surface area contributed by atoms with Crippen LogP contribution in [-0.2, 0) is 7.05 Å². The van der Waals surface area contributed by atoms with Crippen molar-refractivity contribution in [3.63, 3.8) is 0 Å². The Morgan fingerprint density at radius 1 is 0.875 bits per heavy atom. The van der Waals surface area contributed by atoms with E-state index in [0.717, 1.165) is 11.4 Å². The number of methoxy groups -OCH3 is 1. The molecule has 160 valence electrons. The van der Waals surface area contributed by atoms with E-state index in [0.29, 0.717) is 16.8 Å². The molecule has 0 saturated heterocycles. The van der Waals surface area contributed by atoms with Crippen molar-refractivity contribution in [2.75, 3.05) is 17.3 Å². The normalized spacial score (nSPS) is 10.4. The lowest BCUT2D eigenvalue weighted by Gasteiger charge is -2.23. The summed E-state index contributed by atoms with van der Waals surface area (Å²) >= 11 is 0. The Hall–Kier alpha value is -4.39. The van der Waals surface area contributed by atoms with E-state index in [9.17, 15) is 9.59 Å². The molecular weight excluding hydrogens is 404 g/mol. The predicted octanol–water partition coefficient (Wildman–Crippen LogP) is 4.66. The lowest BCUT2D eigenvalue weighted by molar-refractivity contribution is 0.0997. The first-order valence-electron chi connectivity index (χ1n) is 10.0. The van der Waals surface area contributed by atoms with Crippen LogP contribution >= 0.6 is 0 Å². The molecule has 0 atom stereocenters. The van der Waals surface area contributed by atoms with Gasteiger partial charge in [0, 0.05) is 35.9 Å². The molecule has 0 radical (unpaired) electrons. The first kappa shape index (κ1) is 20.9. The molecule has 0 fully saturated rings. The van der Waals surface area contributed by atoms with Crippen molar-refractivity contribution in [3.05, 3.63) is 102 Å². The number of carbonyl (C=O) groups excluding carboxylic acids is 2. The van der Waals surface area contributed by atoms with Crippen molar-refractivity contribution in [2.45, 2.75) is 0 Å². The van der Waals surface area contributed by atoms with Gasteiger partial charge in [0.05, 0.1) is 7.11 Å². The van der Waals surface area contributed by atoms with Gasteiger partial charge in [0.1, 0.15) is 5.56 Å². The molecule has 1 N–H and O–H groups in total. The number of aromatic nitrogens is 2. The van der Waals surface area contributed by atoms with E-state index in [1.807, 2.05) is 60.7 Å². The first-order chi connectivity index (χ1) is 15.6. The number of amides is 2. The van der Waals surface area contributed by atoms with Gasteiger partial charge < -0.3 is 10.1 Å². The zero-order chi connectivity index (χ0) is 22.5. The van der Waals surface area contributed by atoms with E-state index < -0.39 is 0 Å². The summed E-state index contributed by atoms with van der Waals surface area (Å²) in [5.74, 6) is -0.267. The maximum atomic E-state index is 13.4. The van der Waals surface area contributed by atoms with E-state index >= 15 is 0 Å². The van der Waals surface area contributed by atoms with E-state index in [1.165, 1.54) is 11.8 Å². The Kier molecular flexibility index (Phi) is 5.98. The van der Waals surface area contributed by atoms with Crippen molar-refractivity contribution < 1.29 is 14.3 Å². The van der Waals surface area contributed by atoms with Gasteiger partial charge >= 0.3 is 0 Å². The van der Waals surface area contributed by atoms with Crippen LogP contribution in [-0.4, -0.2) is 28.7 Å². The van der Waals surface area contributed by atoms with Crippen molar-refractivity contribution in [2.24, 2.45) is 7.05 Å². The third kappa shape index (κ3) is 4.37. The first-order valence-corrected chi connectivity index (χ1v) is 10.0. The average molecular weight is 426 g/mol. The number of para-hydroxylation sites is 2. The number of nitrogens with one attached hydrogen (secondary N) is 1. The van der Waals surface area contributed by atoms with Gasteiger partial charge in [-0.25, -0.2) is 0 Å². The molecule has 2 amide bonds. The van der Waals surface area contributed by atoms with Gasteiger partial charge in [-0.05, 0) is 48.5 Å². The number of benzene rings is 3. The smallest absolute Gasteiger partial charge is 0.262 e. The minimum Gasteiger partial charge on any atom is -0.479 e. The molecule has 7 nitrogen and oxygen atoms in total. The lowest BCUT2D eigenvalue weighted by Crippen LogP contribution is -2.25. The molecule has 0 aliphatic heterocycles. The molecule has 32 heavy (non-hydrogen) atoms. The molecule has 0 unspecified atom stereocenters. The number of aryl methyl sites for hydroxylation is 1. The molecule has 3 aromatic carbocycles. The van der Waals surface area contributed by atoms with Crippen molar-refractivity contribution in [3.8, 4) is 5.88 Å². The van der Waals surface area contributed by atoms with E-state index in [1.54, 1.807) is 42.4 Å². The standard InChI is InChI=1S/C25H22N4O3/c1-28-17-22(24(27-28)32-2)23(30)26-19-15-13-18(14-16-19)25(31)29(20-9-5-3-6-10-20)21-11-7-4-8-12-21/h3-17H,1-2H3,(H,26,30). The zero-order valence-corrected chi connectivity index (χ0v) is 17.7. The molecule has 7 heteroatoms. The highest BCUT2D eigenvalue weighted by Gasteiger charge is 2.20. The Morgan fingerprint density at radius 3 is 1.97 bits per heavy atom. The summed E-state index contributed by atoms with van der Waals surface area (Å²) in [6, 6.07) is 25.7. The third-order valence-corrected chi connectivity index (χ3v) is 4.85. The highest BCUT2D eigenvalue weighted by molar-refractivity contribution is 6.11. The van der Waals surface area contributed by atoms with Gasteiger partial charge in [0.2, 0.25) is 5.88 Å². The van der Waals surface area contributed by atoms with Crippen molar-refractivity contribution in [1.29, 1.82) is 0 Å². The summed E-state index contributed by atoms with van der Waals surface area (Å²) < 4.78 is 6.65. The van der Waals surface area contributed by atoms with Gasteiger partial charge in [-0.15, -0.1) is 5.10 Å². The van der Waals surface area contributed by atoms with Crippen molar-refractivity contribution >= 4 is 28.9 Å². The number of hydrogen-bond donors (Lipinski definition) is 1.